The Morgan fingerprint density at radius 3 is 2.00 bits per heavy atom. The van der Waals surface area contributed by atoms with Crippen LogP contribution in [0.3, 0.4) is 0 Å². The monoisotopic (exact) mass is 443 g/mol. The number of amidine groups is 1. The molecule has 0 spiro atoms. The zero-order chi connectivity index (χ0) is 23.7. The molecule has 32 heavy (non-hydrogen) atoms. The topological polar surface area (TPSA) is 138 Å². The third kappa shape index (κ3) is 5.88. The van der Waals surface area contributed by atoms with E-state index in [1.165, 1.54) is 43.5 Å². The average molecular weight is 443 g/mol. The van der Waals surface area contributed by atoms with Crippen molar-refractivity contribution in [3.63, 3.8) is 0 Å². The zero-order valence-corrected chi connectivity index (χ0v) is 17.6. The number of methoxy groups -OCH3 is 1. The largest absolute Gasteiger partial charge is 0.497 e. The van der Waals surface area contributed by atoms with E-state index >= 15 is 0 Å². The molecule has 0 N–H and O–H groups in total. The summed E-state index contributed by atoms with van der Waals surface area (Å²) in [5, 5.41) is 11.0. The van der Waals surface area contributed by atoms with Gasteiger partial charge in [0.05, 0.1) is 25.2 Å². The fraction of sp³-hybridized carbons (Fsp3) is 0.238. The van der Waals surface area contributed by atoms with Gasteiger partial charge in [0.2, 0.25) is 0 Å². The lowest BCUT2D eigenvalue weighted by Crippen LogP contribution is -2.43. The minimum Gasteiger partial charge on any atom is -0.497 e. The summed E-state index contributed by atoms with van der Waals surface area (Å²) in [4.78, 5) is 52.8. The number of ether oxygens (including phenoxy) is 3. The van der Waals surface area contributed by atoms with Gasteiger partial charge in [-0.25, -0.2) is 9.59 Å². The number of rotatable bonds is 6. The standard InChI is InChI=1S/C21H21N3O8/c1-4-31-20(26)22-18(14-6-10-16(11-7-14)24(28)29)23(21(27)32-5-2)19(25)15-8-12-17(30-3)13-9-15/h6-13H,4-5H2,1-3H3/b22-18-. The summed E-state index contributed by atoms with van der Waals surface area (Å²) in [6, 6.07) is 10.7. The van der Waals surface area contributed by atoms with Gasteiger partial charge in [0.25, 0.3) is 11.6 Å². The predicted octanol–water partition coefficient (Wildman–Crippen LogP) is 3.81. The van der Waals surface area contributed by atoms with Gasteiger partial charge in [0, 0.05) is 23.3 Å². The van der Waals surface area contributed by atoms with E-state index in [1.807, 2.05) is 0 Å². The number of benzene rings is 2. The van der Waals surface area contributed by atoms with Crippen molar-refractivity contribution >= 4 is 29.6 Å². The normalized spacial score (nSPS) is 10.8. The van der Waals surface area contributed by atoms with Crippen molar-refractivity contribution in [2.24, 2.45) is 4.99 Å². The number of imide groups is 1. The lowest BCUT2D eigenvalue weighted by molar-refractivity contribution is -0.384. The molecule has 0 aliphatic carbocycles. The van der Waals surface area contributed by atoms with Gasteiger partial charge in [-0.3, -0.25) is 14.9 Å². The Labute approximate surface area is 183 Å². The number of amides is 3. The number of carbonyl (C=O) groups excluding carboxylic acids is 3. The van der Waals surface area contributed by atoms with Crippen LogP contribution >= 0.6 is 0 Å². The number of aliphatic imine (C=N–C) groups is 1. The molecule has 0 heterocycles. The second kappa shape index (κ2) is 11.2. The van der Waals surface area contributed by atoms with Gasteiger partial charge in [0.1, 0.15) is 5.75 Å². The van der Waals surface area contributed by atoms with E-state index in [2.05, 4.69) is 4.99 Å². The SMILES string of the molecule is CCOC(=O)/N=C(/c1ccc([N+](=O)[O-])cc1)N(C(=O)OCC)C(=O)c1ccc(OC)cc1. The molecule has 2 aromatic rings. The van der Waals surface area contributed by atoms with E-state index in [1.54, 1.807) is 13.8 Å². The van der Waals surface area contributed by atoms with Crippen LogP contribution in [0, 0.1) is 10.1 Å². The van der Waals surface area contributed by atoms with Gasteiger partial charge in [-0.05, 0) is 50.2 Å². The first kappa shape index (κ1) is 24.0. The molecule has 0 fully saturated rings. The fourth-order valence-corrected chi connectivity index (χ4v) is 2.53. The maximum atomic E-state index is 13.2. The predicted molar refractivity (Wildman–Crippen MR) is 113 cm³/mol. The number of nitro groups is 1. The van der Waals surface area contributed by atoms with Gasteiger partial charge in [-0.15, -0.1) is 0 Å². The lowest BCUT2D eigenvalue weighted by atomic mass is 10.1. The summed E-state index contributed by atoms with van der Waals surface area (Å²) in [6.07, 6.45) is -2.15. The first-order chi connectivity index (χ1) is 15.3. The zero-order valence-electron chi connectivity index (χ0n) is 17.6. The van der Waals surface area contributed by atoms with Crippen molar-refractivity contribution < 1.29 is 33.5 Å². The highest BCUT2D eigenvalue weighted by atomic mass is 16.6. The quantitative estimate of drug-likeness (QED) is 0.284. The Kier molecular flexibility index (Phi) is 8.40. The van der Waals surface area contributed by atoms with Crippen LogP contribution in [0.1, 0.15) is 29.8 Å². The van der Waals surface area contributed by atoms with Crippen LogP contribution in [-0.2, 0) is 9.47 Å². The Bertz CT molecular complexity index is 1020. The fourth-order valence-electron chi connectivity index (χ4n) is 2.53. The average Bonchev–Trinajstić information content (AvgIpc) is 2.79. The number of non-ortho nitro benzene ring substituents is 1. The molecular weight excluding hydrogens is 422 g/mol. The molecule has 2 rings (SSSR count). The minimum absolute atomic E-state index is 0.00169. The van der Waals surface area contributed by atoms with E-state index in [-0.39, 0.29) is 30.0 Å². The van der Waals surface area contributed by atoms with Crippen LogP contribution in [0.2, 0.25) is 0 Å². The highest BCUT2D eigenvalue weighted by molar-refractivity contribution is 6.22. The van der Waals surface area contributed by atoms with Gasteiger partial charge >= 0.3 is 12.2 Å². The Morgan fingerprint density at radius 2 is 1.50 bits per heavy atom. The molecule has 2 aromatic carbocycles. The molecule has 0 atom stereocenters. The highest BCUT2D eigenvalue weighted by Crippen LogP contribution is 2.19. The van der Waals surface area contributed by atoms with E-state index in [9.17, 15) is 24.5 Å². The van der Waals surface area contributed by atoms with Crippen molar-refractivity contribution in [2.75, 3.05) is 20.3 Å². The van der Waals surface area contributed by atoms with Gasteiger partial charge in [-0.1, -0.05) is 0 Å². The van der Waals surface area contributed by atoms with Crippen molar-refractivity contribution in [3.05, 3.63) is 69.8 Å². The molecule has 0 aromatic heterocycles. The molecule has 0 saturated heterocycles. The molecule has 0 aliphatic heterocycles. The van der Waals surface area contributed by atoms with Crippen molar-refractivity contribution in [1.82, 2.24) is 4.90 Å². The molecule has 3 amide bonds. The summed E-state index contributed by atoms with van der Waals surface area (Å²) >= 11 is 0. The molecule has 168 valence electrons. The Morgan fingerprint density at radius 1 is 0.938 bits per heavy atom. The van der Waals surface area contributed by atoms with E-state index < -0.39 is 28.9 Å². The van der Waals surface area contributed by atoms with E-state index in [0.717, 1.165) is 12.1 Å². The van der Waals surface area contributed by atoms with Crippen molar-refractivity contribution in [2.45, 2.75) is 13.8 Å². The maximum Gasteiger partial charge on any atom is 0.435 e. The molecule has 0 unspecified atom stereocenters. The number of nitrogens with zero attached hydrogens (tertiary/aromatic N) is 3. The van der Waals surface area contributed by atoms with E-state index in [4.69, 9.17) is 14.2 Å². The lowest BCUT2D eigenvalue weighted by Gasteiger charge is -2.22. The minimum atomic E-state index is -1.09. The third-order valence-corrected chi connectivity index (χ3v) is 4.00. The van der Waals surface area contributed by atoms with Crippen LogP contribution in [-0.4, -0.2) is 54.1 Å². The van der Waals surface area contributed by atoms with Crippen LogP contribution in [0.25, 0.3) is 0 Å². The van der Waals surface area contributed by atoms with Crippen LogP contribution in [0.4, 0.5) is 15.3 Å². The summed E-state index contributed by atoms with van der Waals surface area (Å²) in [7, 11) is 1.46. The van der Waals surface area contributed by atoms with Crippen molar-refractivity contribution in [1.29, 1.82) is 0 Å². The number of hydrogen-bond acceptors (Lipinski definition) is 8. The first-order valence-electron chi connectivity index (χ1n) is 9.47. The highest BCUT2D eigenvalue weighted by Gasteiger charge is 2.31. The summed E-state index contributed by atoms with van der Waals surface area (Å²) in [6.45, 7) is 3.05. The number of nitro benzene ring substituents is 1. The molecule has 0 radical (unpaired) electrons. The second-order valence-corrected chi connectivity index (χ2v) is 6.01. The molecule has 0 saturated carbocycles. The number of carbonyl (C=O) groups is 3. The molecule has 11 nitrogen and oxygen atoms in total. The maximum absolute atomic E-state index is 13.2. The molecular formula is C21H21N3O8. The summed E-state index contributed by atoms with van der Waals surface area (Å²) in [5.74, 6) is -0.759. The summed E-state index contributed by atoms with van der Waals surface area (Å²) < 4.78 is 14.9. The van der Waals surface area contributed by atoms with Crippen LogP contribution in [0.5, 0.6) is 5.75 Å². The third-order valence-electron chi connectivity index (χ3n) is 4.00. The van der Waals surface area contributed by atoms with Gasteiger partial charge in [-0.2, -0.15) is 9.89 Å². The molecule has 11 heteroatoms. The first-order valence-corrected chi connectivity index (χ1v) is 9.47. The Hall–Kier alpha value is -4.28. The second-order valence-electron chi connectivity index (χ2n) is 6.01. The molecule has 0 bridgehead atoms. The van der Waals surface area contributed by atoms with E-state index in [0.29, 0.717) is 10.6 Å². The van der Waals surface area contributed by atoms with Gasteiger partial charge in [0.15, 0.2) is 5.84 Å². The van der Waals surface area contributed by atoms with Gasteiger partial charge < -0.3 is 14.2 Å². The Balaban J connectivity index is 2.62. The smallest absolute Gasteiger partial charge is 0.435 e. The summed E-state index contributed by atoms with van der Waals surface area (Å²) in [5.41, 5.74) is -0.0655. The van der Waals surface area contributed by atoms with Crippen LogP contribution in [0.15, 0.2) is 53.5 Å². The molecule has 0 aliphatic rings. The van der Waals surface area contributed by atoms with Crippen LogP contribution < -0.4 is 4.74 Å². The number of hydrogen-bond donors (Lipinski definition) is 0. The van der Waals surface area contributed by atoms with Crippen molar-refractivity contribution in [3.8, 4) is 5.75 Å².